The molecular formula is C44H27N3S. The molecule has 0 saturated carbocycles. The van der Waals surface area contributed by atoms with Gasteiger partial charge in [0, 0.05) is 48.1 Å². The fourth-order valence-corrected chi connectivity index (χ4v) is 9.09. The van der Waals surface area contributed by atoms with E-state index in [0.717, 1.165) is 11.4 Å². The number of fused-ring (bicyclic) bond motifs is 10. The Morgan fingerprint density at radius 3 is 1.83 bits per heavy atom. The lowest BCUT2D eigenvalue weighted by molar-refractivity contribution is 1.02. The molecule has 3 aromatic heterocycles. The minimum absolute atomic E-state index is 1.15. The number of hydrogen-bond acceptors (Lipinski definition) is 1. The maximum atomic E-state index is 2.50. The van der Waals surface area contributed by atoms with E-state index in [9.17, 15) is 0 Å². The van der Waals surface area contributed by atoms with Gasteiger partial charge in [-0.2, -0.15) is 0 Å². The Labute approximate surface area is 280 Å². The molecule has 0 fully saturated rings. The van der Waals surface area contributed by atoms with Crippen LogP contribution in [0.2, 0.25) is 0 Å². The lowest BCUT2D eigenvalue weighted by Gasteiger charge is -2.21. The summed E-state index contributed by atoms with van der Waals surface area (Å²) in [5.41, 5.74) is 12.1. The Hall–Kier alpha value is -5.97. The van der Waals surface area contributed by atoms with Crippen molar-refractivity contribution in [3.8, 4) is 28.2 Å². The fraction of sp³-hybridized carbons (Fsp3) is 0. The second kappa shape index (κ2) is 9.77. The molecule has 3 nitrogen and oxygen atoms in total. The summed E-state index contributed by atoms with van der Waals surface area (Å²) in [7, 11) is 0. The van der Waals surface area contributed by atoms with Gasteiger partial charge in [0.2, 0.25) is 0 Å². The summed E-state index contributed by atoms with van der Waals surface area (Å²) in [4.78, 5) is 2.58. The van der Waals surface area contributed by atoms with E-state index in [4.69, 9.17) is 0 Å². The van der Waals surface area contributed by atoms with Crippen LogP contribution in [0.1, 0.15) is 0 Å². The lowest BCUT2D eigenvalue weighted by Crippen LogP contribution is -2.05. The first-order valence-corrected chi connectivity index (χ1v) is 17.2. The molecular weight excluding hydrogens is 603 g/mol. The minimum atomic E-state index is 1.15. The van der Waals surface area contributed by atoms with Crippen LogP contribution in [0.5, 0.6) is 0 Å². The zero-order valence-electron chi connectivity index (χ0n) is 25.8. The van der Waals surface area contributed by atoms with E-state index in [2.05, 4.69) is 177 Å². The average molecular weight is 630 g/mol. The molecule has 1 aliphatic heterocycles. The molecule has 0 atom stereocenters. The fourth-order valence-electron chi connectivity index (χ4n) is 8.00. The molecule has 4 heterocycles. The van der Waals surface area contributed by atoms with Gasteiger partial charge in [0.1, 0.15) is 5.65 Å². The number of para-hydroxylation sites is 4. The summed E-state index contributed by atoms with van der Waals surface area (Å²) < 4.78 is 7.38. The molecule has 0 saturated heterocycles. The van der Waals surface area contributed by atoms with Crippen molar-refractivity contribution < 1.29 is 0 Å². The molecule has 1 aliphatic rings. The van der Waals surface area contributed by atoms with E-state index < -0.39 is 0 Å². The standard InChI is InChI=1S/C44H27N3S/c1-2-11-28(12-3-1)29-21-26-33-32-13-4-6-16-36(32)45(39(33)27-29)30-22-24-31(25-23-30)46-37-17-7-5-14-34(37)42-35-15-10-20-41-43(35)47(44(42)46)38-18-8-9-19-40(38)48-41/h1-27H. The molecule has 0 aliphatic carbocycles. The van der Waals surface area contributed by atoms with E-state index in [-0.39, 0.29) is 0 Å². The monoisotopic (exact) mass is 629 g/mol. The second-order valence-electron chi connectivity index (χ2n) is 12.6. The topological polar surface area (TPSA) is 14.8 Å². The van der Waals surface area contributed by atoms with Crippen molar-refractivity contribution in [2.24, 2.45) is 0 Å². The summed E-state index contributed by atoms with van der Waals surface area (Å²) in [6.45, 7) is 0. The highest BCUT2D eigenvalue weighted by Crippen LogP contribution is 2.49. The number of aromatic nitrogens is 3. The zero-order chi connectivity index (χ0) is 31.3. The first kappa shape index (κ1) is 26.1. The molecule has 0 radical (unpaired) electrons. The van der Waals surface area contributed by atoms with Crippen LogP contribution in [0, 0.1) is 0 Å². The van der Waals surface area contributed by atoms with Crippen molar-refractivity contribution in [2.45, 2.75) is 9.79 Å². The van der Waals surface area contributed by atoms with Gasteiger partial charge in [-0.15, -0.1) is 0 Å². The van der Waals surface area contributed by atoms with Gasteiger partial charge in [-0.05, 0) is 71.8 Å². The van der Waals surface area contributed by atoms with Crippen LogP contribution in [-0.4, -0.2) is 13.7 Å². The van der Waals surface area contributed by atoms with E-state index in [1.54, 1.807) is 0 Å². The third-order valence-electron chi connectivity index (χ3n) is 10.0. The molecule has 4 heteroatoms. The Bertz CT molecular complexity index is 2910. The molecule has 7 aromatic carbocycles. The molecule has 0 amide bonds. The minimum Gasteiger partial charge on any atom is -0.309 e. The van der Waals surface area contributed by atoms with Gasteiger partial charge in [0.25, 0.3) is 0 Å². The van der Waals surface area contributed by atoms with Gasteiger partial charge in [0.05, 0.1) is 27.8 Å². The summed E-state index contributed by atoms with van der Waals surface area (Å²) in [5, 5.41) is 6.41. The smallest absolute Gasteiger partial charge is 0.131 e. The quantitative estimate of drug-likeness (QED) is 0.190. The number of benzene rings is 7. The van der Waals surface area contributed by atoms with Gasteiger partial charge in [0.15, 0.2) is 0 Å². The molecule has 10 aromatic rings. The number of rotatable bonds is 3. The first-order chi connectivity index (χ1) is 23.8. The molecule has 0 N–H and O–H groups in total. The van der Waals surface area contributed by atoms with Gasteiger partial charge < -0.3 is 4.57 Å². The van der Waals surface area contributed by atoms with Crippen molar-refractivity contribution in [3.63, 3.8) is 0 Å². The molecule has 224 valence electrons. The lowest BCUT2D eigenvalue weighted by atomic mass is 10.0. The predicted molar refractivity (Wildman–Crippen MR) is 202 cm³/mol. The highest BCUT2D eigenvalue weighted by Gasteiger charge is 2.27. The van der Waals surface area contributed by atoms with Crippen molar-refractivity contribution in [1.29, 1.82) is 0 Å². The van der Waals surface area contributed by atoms with E-state index in [0.29, 0.717) is 0 Å². The molecule has 0 bridgehead atoms. The Morgan fingerprint density at radius 1 is 0.375 bits per heavy atom. The van der Waals surface area contributed by atoms with E-state index >= 15 is 0 Å². The van der Waals surface area contributed by atoms with E-state index in [1.165, 1.54) is 81.3 Å². The molecule has 11 rings (SSSR count). The first-order valence-electron chi connectivity index (χ1n) is 16.4. The van der Waals surface area contributed by atoms with Gasteiger partial charge in [-0.25, -0.2) is 0 Å². The maximum Gasteiger partial charge on any atom is 0.131 e. The van der Waals surface area contributed by atoms with Crippen LogP contribution in [0.4, 0.5) is 0 Å². The number of hydrogen-bond donors (Lipinski definition) is 0. The van der Waals surface area contributed by atoms with Crippen molar-refractivity contribution in [3.05, 3.63) is 164 Å². The van der Waals surface area contributed by atoms with Gasteiger partial charge in [-0.3, -0.25) is 9.13 Å². The van der Waals surface area contributed by atoms with Crippen molar-refractivity contribution in [1.82, 2.24) is 13.7 Å². The summed E-state index contributed by atoms with van der Waals surface area (Å²) >= 11 is 1.87. The Morgan fingerprint density at radius 2 is 1.00 bits per heavy atom. The van der Waals surface area contributed by atoms with Crippen LogP contribution in [-0.2, 0) is 0 Å². The summed E-state index contributed by atoms with van der Waals surface area (Å²) in [5.74, 6) is 0. The summed E-state index contributed by atoms with van der Waals surface area (Å²) in [6, 6.07) is 59.8. The van der Waals surface area contributed by atoms with Crippen LogP contribution < -0.4 is 0 Å². The normalized spacial score (nSPS) is 12.5. The van der Waals surface area contributed by atoms with Crippen LogP contribution in [0.3, 0.4) is 0 Å². The largest absolute Gasteiger partial charge is 0.309 e. The second-order valence-corrected chi connectivity index (χ2v) is 13.7. The van der Waals surface area contributed by atoms with Crippen LogP contribution in [0.25, 0.3) is 82.8 Å². The summed E-state index contributed by atoms with van der Waals surface area (Å²) in [6.07, 6.45) is 0. The Kier molecular flexibility index (Phi) is 5.32. The zero-order valence-corrected chi connectivity index (χ0v) is 26.7. The molecule has 0 spiro atoms. The van der Waals surface area contributed by atoms with Gasteiger partial charge >= 0.3 is 0 Å². The van der Waals surface area contributed by atoms with E-state index in [1.807, 2.05) is 11.8 Å². The SMILES string of the molecule is c1ccc(-c2ccc3c4ccccc4n(-c4ccc(-n5c6ccccc6c6c7cccc8c7n(c65)-c5ccccc5S8)cc4)c3c2)cc1. The van der Waals surface area contributed by atoms with Crippen molar-refractivity contribution >= 4 is 66.4 Å². The highest BCUT2D eigenvalue weighted by atomic mass is 32.2. The van der Waals surface area contributed by atoms with Crippen LogP contribution in [0.15, 0.2) is 174 Å². The predicted octanol–water partition coefficient (Wildman–Crippen LogP) is 12.0. The van der Waals surface area contributed by atoms with Crippen molar-refractivity contribution in [2.75, 3.05) is 0 Å². The van der Waals surface area contributed by atoms with Gasteiger partial charge in [-0.1, -0.05) is 115 Å². The molecule has 0 unspecified atom stereocenters. The Balaban J connectivity index is 1.17. The van der Waals surface area contributed by atoms with Crippen LogP contribution >= 0.6 is 11.8 Å². The molecule has 48 heavy (non-hydrogen) atoms. The third kappa shape index (κ3) is 3.50. The third-order valence-corrected chi connectivity index (χ3v) is 11.1. The highest BCUT2D eigenvalue weighted by molar-refractivity contribution is 7.99. The number of nitrogens with zero attached hydrogens (tertiary/aromatic N) is 3. The average Bonchev–Trinajstić information content (AvgIpc) is 3.79. The maximum absolute atomic E-state index is 2.50.